The van der Waals surface area contributed by atoms with Gasteiger partial charge in [0.05, 0.1) is 7.11 Å². The number of methoxy groups -OCH3 is 1. The van der Waals surface area contributed by atoms with Crippen LogP contribution in [0.25, 0.3) is 0 Å². The number of carbonyl (C=O) groups is 4. The molecular weight excluding hydrogens is 400 g/mol. The summed E-state index contributed by atoms with van der Waals surface area (Å²) in [4.78, 5) is 47.7. The Hall–Kier alpha value is -2.90. The Kier molecular flexibility index (Phi) is 10.5. The Morgan fingerprint density at radius 3 is 2.61 bits per heavy atom. The number of nitrogens with one attached hydrogen (secondary N) is 2. The number of benzene rings is 1. The van der Waals surface area contributed by atoms with E-state index in [0.717, 1.165) is 24.8 Å². The summed E-state index contributed by atoms with van der Waals surface area (Å²) < 4.78 is 9.95. The first-order chi connectivity index (χ1) is 15.0. The summed E-state index contributed by atoms with van der Waals surface area (Å²) in [6.45, 7) is 0.686. The maximum atomic E-state index is 12.3. The highest BCUT2D eigenvalue weighted by molar-refractivity contribution is 5.86. The fourth-order valence-electron chi connectivity index (χ4n) is 3.64. The first-order valence-corrected chi connectivity index (χ1v) is 10.8. The van der Waals surface area contributed by atoms with Crippen LogP contribution < -0.4 is 10.6 Å². The van der Waals surface area contributed by atoms with Gasteiger partial charge < -0.3 is 20.1 Å². The van der Waals surface area contributed by atoms with E-state index in [1.54, 1.807) is 0 Å². The largest absolute Gasteiger partial charge is 0.467 e. The van der Waals surface area contributed by atoms with Crippen LogP contribution in [-0.4, -0.2) is 43.4 Å². The quantitative estimate of drug-likeness (QED) is 0.411. The molecule has 0 spiro atoms. The number of hydrogen-bond donors (Lipinski definition) is 2. The number of ether oxygens (including phenoxy) is 2. The Morgan fingerprint density at radius 1 is 1.13 bits per heavy atom. The monoisotopic (exact) mass is 432 g/mol. The maximum Gasteiger partial charge on any atom is 0.407 e. The molecule has 2 N–H and O–H groups in total. The Bertz CT molecular complexity index is 737. The summed E-state index contributed by atoms with van der Waals surface area (Å²) in [7, 11) is 1.28. The van der Waals surface area contributed by atoms with Gasteiger partial charge in [-0.25, -0.2) is 9.59 Å². The Balaban J connectivity index is 1.59. The van der Waals surface area contributed by atoms with Crippen molar-refractivity contribution in [2.75, 3.05) is 13.7 Å². The molecule has 8 heteroatoms. The van der Waals surface area contributed by atoms with Crippen molar-refractivity contribution in [1.29, 1.82) is 0 Å². The van der Waals surface area contributed by atoms with Crippen LogP contribution in [-0.2, 0) is 30.5 Å². The van der Waals surface area contributed by atoms with Crippen molar-refractivity contribution in [2.24, 2.45) is 5.92 Å². The van der Waals surface area contributed by atoms with Crippen molar-refractivity contribution in [3.8, 4) is 0 Å². The SMILES string of the molecule is COC(=O)[C@H](NC(=O)CCCCCNC(=O)OCc1ccccc1)[C@@H]1CCCC(=O)C1. The number of alkyl carbamates (subject to hydrolysis) is 1. The number of Topliss-reactive ketones (excluding diaryl/α,β-unsaturated/α-hetero) is 1. The summed E-state index contributed by atoms with van der Waals surface area (Å²) in [5.41, 5.74) is 0.923. The van der Waals surface area contributed by atoms with Gasteiger partial charge in [0.25, 0.3) is 0 Å². The topological polar surface area (TPSA) is 111 Å². The Labute approximate surface area is 183 Å². The average molecular weight is 433 g/mol. The molecular formula is C23H32N2O6. The van der Waals surface area contributed by atoms with Gasteiger partial charge in [-0.2, -0.15) is 0 Å². The van der Waals surface area contributed by atoms with Gasteiger partial charge in [0.1, 0.15) is 18.4 Å². The van der Waals surface area contributed by atoms with Crippen molar-refractivity contribution in [3.05, 3.63) is 35.9 Å². The highest BCUT2D eigenvalue weighted by atomic mass is 16.5. The molecule has 1 aliphatic rings. The molecule has 1 fully saturated rings. The molecule has 1 saturated carbocycles. The molecule has 0 bridgehead atoms. The van der Waals surface area contributed by atoms with Gasteiger partial charge in [0, 0.05) is 25.8 Å². The molecule has 2 amide bonds. The van der Waals surface area contributed by atoms with E-state index in [0.29, 0.717) is 32.2 Å². The summed E-state index contributed by atoms with van der Waals surface area (Å²) >= 11 is 0. The van der Waals surface area contributed by atoms with Gasteiger partial charge in [-0.15, -0.1) is 0 Å². The van der Waals surface area contributed by atoms with E-state index in [9.17, 15) is 19.2 Å². The molecule has 1 aliphatic carbocycles. The van der Waals surface area contributed by atoms with E-state index in [1.807, 2.05) is 30.3 Å². The zero-order valence-corrected chi connectivity index (χ0v) is 18.1. The predicted octanol–water partition coefficient (Wildman–Crippen LogP) is 2.89. The van der Waals surface area contributed by atoms with Crippen LogP contribution in [0.1, 0.15) is 56.9 Å². The minimum atomic E-state index is -0.775. The van der Waals surface area contributed by atoms with E-state index < -0.39 is 18.1 Å². The highest BCUT2D eigenvalue weighted by Gasteiger charge is 2.33. The van der Waals surface area contributed by atoms with Gasteiger partial charge >= 0.3 is 12.1 Å². The van der Waals surface area contributed by atoms with Gasteiger partial charge in [0.15, 0.2) is 0 Å². The van der Waals surface area contributed by atoms with E-state index >= 15 is 0 Å². The zero-order valence-electron chi connectivity index (χ0n) is 18.1. The Morgan fingerprint density at radius 2 is 1.90 bits per heavy atom. The van der Waals surface area contributed by atoms with Crippen LogP contribution >= 0.6 is 0 Å². The van der Waals surface area contributed by atoms with Crippen LogP contribution in [0.3, 0.4) is 0 Å². The fraction of sp³-hybridized carbons (Fsp3) is 0.565. The van der Waals surface area contributed by atoms with Crippen LogP contribution in [0.5, 0.6) is 0 Å². The van der Waals surface area contributed by atoms with Crippen molar-refractivity contribution < 1.29 is 28.7 Å². The lowest BCUT2D eigenvalue weighted by Gasteiger charge is -2.28. The lowest BCUT2D eigenvalue weighted by Crippen LogP contribution is -2.47. The smallest absolute Gasteiger partial charge is 0.407 e. The van der Waals surface area contributed by atoms with Crippen molar-refractivity contribution in [3.63, 3.8) is 0 Å². The molecule has 0 unspecified atom stereocenters. The number of rotatable bonds is 11. The first-order valence-electron chi connectivity index (χ1n) is 10.8. The first kappa shape index (κ1) is 24.4. The second-order valence-corrected chi connectivity index (χ2v) is 7.76. The van der Waals surface area contributed by atoms with Crippen molar-refractivity contribution >= 4 is 23.8 Å². The van der Waals surface area contributed by atoms with Gasteiger partial charge in [-0.1, -0.05) is 36.8 Å². The summed E-state index contributed by atoms with van der Waals surface area (Å²) in [5, 5.41) is 5.43. The molecule has 170 valence electrons. The number of amides is 2. The molecule has 1 aromatic carbocycles. The molecule has 31 heavy (non-hydrogen) atoms. The summed E-state index contributed by atoms with van der Waals surface area (Å²) in [6, 6.07) is 8.66. The molecule has 0 radical (unpaired) electrons. The second-order valence-electron chi connectivity index (χ2n) is 7.76. The maximum absolute atomic E-state index is 12.3. The molecule has 2 atom stereocenters. The van der Waals surface area contributed by atoms with E-state index in [2.05, 4.69) is 10.6 Å². The van der Waals surface area contributed by atoms with Crippen LogP contribution in [0, 0.1) is 5.92 Å². The molecule has 8 nitrogen and oxygen atoms in total. The lowest BCUT2D eigenvalue weighted by atomic mass is 9.83. The summed E-state index contributed by atoms with van der Waals surface area (Å²) in [5.74, 6) is -0.826. The standard InChI is InChI=1S/C23H32N2O6/c1-30-22(28)21(18-11-8-12-19(26)15-18)25-20(27)13-6-3-7-14-24-23(29)31-16-17-9-4-2-5-10-17/h2,4-5,9-10,18,21H,3,6-8,11-16H2,1H3,(H,24,29)(H,25,27)/t18-,21-/m1/s1. The molecule has 1 aromatic rings. The predicted molar refractivity (Wildman–Crippen MR) is 114 cm³/mol. The van der Waals surface area contributed by atoms with Crippen molar-refractivity contribution in [1.82, 2.24) is 10.6 Å². The lowest BCUT2D eigenvalue weighted by molar-refractivity contribution is -0.147. The molecule has 2 rings (SSSR count). The van der Waals surface area contributed by atoms with Crippen LogP contribution in [0.2, 0.25) is 0 Å². The average Bonchev–Trinajstić information content (AvgIpc) is 2.78. The third kappa shape index (κ3) is 9.19. The van der Waals surface area contributed by atoms with E-state index in [-0.39, 0.29) is 30.6 Å². The van der Waals surface area contributed by atoms with Gasteiger partial charge in [-0.3, -0.25) is 9.59 Å². The number of hydrogen-bond acceptors (Lipinski definition) is 6. The third-order valence-corrected chi connectivity index (χ3v) is 5.33. The van der Waals surface area contributed by atoms with Crippen LogP contribution in [0.4, 0.5) is 4.79 Å². The molecule has 0 aliphatic heterocycles. The molecule has 0 saturated heterocycles. The van der Waals surface area contributed by atoms with E-state index in [1.165, 1.54) is 7.11 Å². The second kappa shape index (κ2) is 13.4. The number of carbonyl (C=O) groups excluding carboxylic acids is 4. The third-order valence-electron chi connectivity index (χ3n) is 5.33. The van der Waals surface area contributed by atoms with Gasteiger partial charge in [-0.05, 0) is 37.2 Å². The summed E-state index contributed by atoms with van der Waals surface area (Å²) in [6.07, 6.45) is 4.17. The number of esters is 1. The minimum Gasteiger partial charge on any atom is -0.467 e. The number of ketones is 1. The zero-order chi connectivity index (χ0) is 22.5. The van der Waals surface area contributed by atoms with Gasteiger partial charge in [0.2, 0.25) is 5.91 Å². The normalized spacial score (nSPS) is 16.8. The molecule has 0 heterocycles. The van der Waals surface area contributed by atoms with Crippen molar-refractivity contribution in [2.45, 2.75) is 64.0 Å². The van der Waals surface area contributed by atoms with Crippen LogP contribution in [0.15, 0.2) is 30.3 Å². The molecule has 0 aromatic heterocycles. The highest BCUT2D eigenvalue weighted by Crippen LogP contribution is 2.25. The fourth-order valence-corrected chi connectivity index (χ4v) is 3.64. The van der Waals surface area contributed by atoms with E-state index in [4.69, 9.17) is 9.47 Å². The number of unbranched alkanes of at least 4 members (excludes halogenated alkanes) is 2. The minimum absolute atomic E-state index is 0.120.